The van der Waals surface area contributed by atoms with E-state index in [-0.39, 0.29) is 11.3 Å². The second-order valence-electron chi connectivity index (χ2n) is 10.2. The van der Waals surface area contributed by atoms with Gasteiger partial charge < -0.3 is 10.2 Å². The number of hydrogen-bond acceptors (Lipinski definition) is 2. The lowest BCUT2D eigenvalue weighted by Crippen LogP contribution is -2.51. The fourth-order valence-corrected chi connectivity index (χ4v) is 7.94. The van der Waals surface area contributed by atoms with E-state index in [2.05, 4.69) is 6.92 Å². The Bertz CT molecular complexity index is 490. The van der Waals surface area contributed by atoms with Crippen LogP contribution in [0.3, 0.4) is 0 Å². The first-order chi connectivity index (χ1) is 11.2. The van der Waals surface area contributed by atoms with Crippen LogP contribution in [0.1, 0.15) is 72.1 Å². The van der Waals surface area contributed by atoms with E-state index in [0.717, 1.165) is 37.5 Å². The summed E-state index contributed by atoms with van der Waals surface area (Å²) in [5.74, 6) is 3.09. The lowest BCUT2D eigenvalue weighted by Gasteiger charge is -2.57. The van der Waals surface area contributed by atoms with Gasteiger partial charge >= 0.3 is 0 Å². The Morgan fingerprint density at radius 2 is 1.71 bits per heavy atom. The van der Waals surface area contributed by atoms with Gasteiger partial charge in [-0.1, -0.05) is 6.92 Å². The minimum atomic E-state index is -0.830. The summed E-state index contributed by atoms with van der Waals surface area (Å²) >= 11 is 0. The Balaban J connectivity index is 1.57. The minimum absolute atomic E-state index is 0.0122. The van der Waals surface area contributed by atoms with Gasteiger partial charge in [0.05, 0.1) is 11.7 Å². The topological polar surface area (TPSA) is 40.5 Å². The molecule has 3 heteroatoms. The molecule has 0 aliphatic heterocycles. The van der Waals surface area contributed by atoms with Crippen LogP contribution in [0.15, 0.2) is 0 Å². The monoisotopic (exact) mass is 338 g/mol. The first kappa shape index (κ1) is 17.3. The van der Waals surface area contributed by atoms with Gasteiger partial charge in [-0.05, 0) is 100 Å². The molecule has 0 aromatic heterocycles. The maximum absolute atomic E-state index is 14.8. The van der Waals surface area contributed by atoms with Crippen molar-refractivity contribution in [3.8, 4) is 0 Å². The zero-order valence-electron chi connectivity index (χ0n) is 15.5. The molecule has 24 heavy (non-hydrogen) atoms. The van der Waals surface area contributed by atoms with Gasteiger partial charge in [-0.15, -0.1) is 0 Å². The maximum Gasteiger partial charge on any atom is 0.106 e. The summed E-state index contributed by atoms with van der Waals surface area (Å²) < 4.78 is 14.8. The molecule has 2 N–H and O–H groups in total. The highest BCUT2D eigenvalue weighted by Gasteiger charge is 2.61. The molecular weight excluding hydrogens is 303 g/mol. The van der Waals surface area contributed by atoms with Gasteiger partial charge in [-0.25, -0.2) is 4.39 Å². The predicted octanol–water partition coefficient (Wildman–Crippen LogP) is 4.34. The van der Waals surface area contributed by atoms with Gasteiger partial charge in [0.15, 0.2) is 0 Å². The zero-order valence-corrected chi connectivity index (χ0v) is 15.5. The van der Waals surface area contributed by atoms with Crippen molar-refractivity contribution >= 4 is 0 Å². The second kappa shape index (κ2) is 5.67. The Labute approximate surface area is 146 Å². The van der Waals surface area contributed by atoms with E-state index < -0.39 is 17.9 Å². The molecule has 0 spiro atoms. The zero-order chi connectivity index (χ0) is 17.3. The molecule has 4 saturated carbocycles. The predicted molar refractivity (Wildman–Crippen MR) is 93.2 cm³/mol. The summed E-state index contributed by atoms with van der Waals surface area (Å²) in [7, 11) is 0. The highest BCUT2D eigenvalue weighted by atomic mass is 19.1. The summed E-state index contributed by atoms with van der Waals surface area (Å²) in [5.41, 5.74) is -0.478. The van der Waals surface area contributed by atoms with Crippen molar-refractivity contribution in [2.45, 2.75) is 90.0 Å². The summed E-state index contributed by atoms with van der Waals surface area (Å²) in [6.07, 6.45) is 7.06. The van der Waals surface area contributed by atoms with Crippen molar-refractivity contribution in [3.63, 3.8) is 0 Å². The Hall–Kier alpha value is -0.150. The summed E-state index contributed by atoms with van der Waals surface area (Å²) in [4.78, 5) is 0. The van der Waals surface area contributed by atoms with Crippen LogP contribution in [-0.4, -0.2) is 28.1 Å². The summed E-state index contributed by atoms with van der Waals surface area (Å²) in [6.45, 7) is 6.06. The van der Waals surface area contributed by atoms with Crippen LogP contribution < -0.4 is 0 Å². The second-order valence-corrected chi connectivity index (χ2v) is 10.2. The molecule has 0 saturated heterocycles. The fraction of sp³-hybridized carbons (Fsp3) is 1.00. The van der Waals surface area contributed by atoms with Crippen LogP contribution in [0.2, 0.25) is 0 Å². The van der Waals surface area contributed by atoms with Crippen molar-refractivity contribution in [2.75, 3.05) is 0 Å². The van der Waals surface area contributed by atoms with E-state index in [4.69, 9.17) is 0 Å². The number of aliphatic hydroxyl groups excluding tert-OH is 1. The average molecular weight is 339 g/mol. The highest BCUT2D eigenvalue weighted by Crippen LogP contribution is 2.65. The molecule has 2 unspecified atom stereocenters. The van der Waals surface area contributed by atoms with Crippen molar-refractivity contribution in [1.29, 1.82) is 0 Å². The van der Waals surface area contributed by atoms with E-state index >= 15 is 0 Å². The average Bonchev–Trinajstić information content (AvgIpc) is 2.76. The minimum Gasteiger partial charge on any atom is -0.393 e. The molecule has 0 heterocycles. The third-order valence-electron chi connectivity index (χ3n) is 8.82. The van der Waals surface area contributed by atoms with Crippen molar-refractivity contribution in [3.05, 3.63) is 0 Å². The van der Waals surface area contributed by atoms with E-state index in [1.165, 1.54) is 19.3 Å². The largest absolute Gasteiger partial charge is 0.393 e. The molecule has 4 rings (SSSR count). The van der Waals surface area contributed by atoms with E-state index in [1.807, 2.05) is 6.92 Å². The van der Waals surface area contributed by atoms with Crippen LogP contribution >= 0.6 is 0 Å². The maximum atomic E-state index is 14.8. The van der Waals surface area contributed by atoms with Gasteiger partial charge in [-0.3, -0.25) is 0 Å². The smallest absolute Gasteiger partial charge is 0.106 e. The quantitative estimate of drug-likeness (QED) is 0.747. The van der Waals surface area contributed by atoms with Crippen LogP contribution in [0, 0.1) is 40.9 Å². The van der Waals surface area contributed by atoms with Crippen molar-refractivity contribution < 1.29 is 14.6 Å². The molecule has 0 aromatic rings. The highest BCUT2D eigenvalue weighted by molar-refractivity contribution is 5.10. The van der Waals surface area contributed by atoms with E-state index in [9.17, 15) is 14.6 Å². The number of aliphatic hydroxyl groups is 2. The molecule has 4 fully saturated rings. The third kappa shape index (κ3) is 2.48. The van der Waals surface area contributed by atoms with Gasteiger partial charge in [0, 0.05) is 5.92 Å². The molecule has 4 aliphatic carbocycles. The van der Waals surface area contributed by atoms with Gasteiger partial charge in [0.2, 0.25) is 0 Å². The molecule has 0 amide bonds. The SMILES string of the molecule is CC(O)[C@H]1[C@H](F)C[C@H]2[C@@H]3CCC4C[C@](C)(O)CC[C@@H]4[C@H]3CC[C@@]21C. The first-order valence-corrected chi connectivity index (χ1v) is 10.3. The van der Waals surface area contributed by atoms with Crippen LogP contribution in [0.4, 0.5) is 4.39 Å². The molecule has 0 aromatic carbocycles. The normalized spacial score (nSPS) is 58.5. The molecule has 4 aliphatic rings. The van der Waals surface area contributed by atoms with Gasteiger partial charge in [0.25, 0.3) is 0 Å². The number of hydrogen-bond donors (Lipinski definition) is 2. The third-order valence-corrected chi connectivity index (χ3v) is 8.82. The van der Waals surface area contributed by atoms with E-state index in [0.29, 0.717) is 24.2 Å². The van der Waals surface area contributed by atoms with Gasteiger partial charge in [0.1, 0.15) is 6.17 Å². The summed E-state index contributed by atoms with van der Waals surface area (Å²) in [5, 5.41) is 20.7. The summed E-state index contributed by atoms with van der Waals surface area (Å²) in [6, 6.07) is 0. The molecule has 2 nitrogen and oxygen atoms in total. The number of fused-ring (bicyclic) bond motifs is 5. The Morgan fingerprint density at radius 1 is 1.00 bits per heavy atom. The van der Waals surface area contributed by atoms with Crippen molar-refractivity contribution in [2.24, 2.45) is 40.9 Å². The van der Waals surface area contributed by atoms with Crippen molar-refractivity contribution in [1.82, 2.24) is 0 Å². The molecular formula is C21H35FO2. The lowest BCUT2D eigenvalue weighted by atomic mass is 9.49. The van der Waals surface area contributed by atoms with Crippen LogP contribution in [0.5, 0.6) is 0 Å². The van der Waals surface area contributed by atoms with E-state index in [1.54, 1.807) is 6.92 Å². The Kier molecular flexibility index (Phi) is 4.08. The van der Waals surface area contributed by atoms with Gasteiger partial charge in [-0.2, -0.15) is 0 Å². The van der Waals surface area contributed by atoms with Crippen LogP contribution in [0.25, 0.3) is 0 Å². The molecule has 138 valence electrons. The fourth-order valence-electron chi connectivity index (χ4n) is 7.94. The molecule has 0 bridgehead atoms. The Morgan fingerprint density at radius 3 is 2.42 bits per heavy atom. The molecule has 10 atom stereocenters. The molecule has 0 radical (unpaired) electrons. The van der Waals surface area contributed by atoms with Crippen LogP contribution in [-0.2, 0) is 0 Å². The standard InChI is InChI=1S/C21H35FO2/c1-12(23)19-18(22)10-17-16-5-4-13-11-20(2,24)8-6-14(13)15(16)7-9-21(17,19)3/h12-19,23-24H,4-11H2,1-3H3/t12?,13?,14-,15+,16+,17-,18+,19-,20+,21-/m0/s1. The number of alkyl halides is 1. The lowest BCUT2D eigenvalue weighted by molar-refractivity contribution is -0.108. The first-order valence-electron chi connectivity index (χ1n) is 10.3. The number of halogens is 1. The number of rotatable bonds is 1.